The van der Waals surface area contributed by atoms with Crippen LogP contribution in [0.25, 0.3) is 52.8 Å². The van der Waals surface area contributed by atoms with Gasteiger partial charge in [0.15, 0.2) is 0 Å². The second kappa shape index (κ2) is 5.67. The summed E-state index contributed by atoms with van der Waals surface area (Å²) in [4.78, 5) is 0. The smallest absolute Gasteiger partial charge is 0.0434 e. The highest BCUT2D eigenvalue weighted by Gasteiger charge is 2.11. The van der Waals surface area contributed by atoms with Crippen LogP contribution in [0.3, 0.4) is 0 Å². The fourth-order valence-corrected chi connectivity index (χ4v) is 5.40. The molecule has 0 spiro atoms. The Hall–Kier alpha value is -3.16. The number of rotatable bonds is 1. The molecule has 1 aromatic heterocycles. The normalized spacial score (nSPS) is 11.7. The van der Waals surface area contributed by atoms with Gasteiger partial charge in [0.2, 0.25) is 0 Å². The van der Waals surface area contributed by atoms with Gasteiger partial charge in [0.05, 0.1) is 0 Å². The molecule has 0 bridgehead atoms. The first-order chi connectivity index (χ1) is 13.4. The fraction of sp³-hybridized carbons (Fsp3) is 0. The Kier molecular flexibility index (Phi) is 3.14. The minimum Gasteiger partial charge on any atom is -0.135 e. The molecule has 0 atom stereocenters. The molecule has 0 aliphatic rings. The highest BCUT2D eigenvalue weighted by molar-refractivity contribution is 7.26. The second-order valence-electron chi connectivity index (χ2n) is 7.00. The predicted molar refractivity (Wildman–Crippen MR) is 120 cm³/mol. The zero-order chi connectivity index (χ0) is 17.8. The van der Waals surface area contributed by atoms with Gasteiger partial charge in [-0.3, -0.25) is 0 Å². The van der Waals surface area contributed by atoms with Crippen molar-refractivity contribution in [2.24, 2.45) is 0 Å². The first-order valence-corrected chi connectivity index (χ1v) is 10.0. The van der Waals surface area contributed by atoms with E-state index in [9.17, 15) is 0 Å². The van der Waals surface area contributed by atoms with Crippen molar-refractivity contribution in [3.8, 4) is 11.1 Å². The van der Waals surface area contributed by atoms with Crippen molar-refractivity contribution in [2.75, 3.05) is 0 Å². The molecule has 1 heterocycles. The zero-order valence-corrected chi connectivity index (χ0v) is 15.5. The van der Waals surface area contributed by atoms with E-state index >= 15 is 0 Å². The Morgan fingerprint density at radius 3 is 2.07 bits per heavy atom. The maximum absolute atomic E-state index is 2.34. The lowest BCUT2D eigenvalue weighted by atomic mass is 9.99. The first kappa shape index (κ1) is 15.0. The van der Waals surface area contributed by atoms with Crippen molar-refractivity contribution in [1.29, 1.82) is 0 Å². The molecule has 6 rings (SSSR count). The molecular weight excluding hydrogens is 344 g/mol. The Labute approximate surface area is 161 Å². The maximum Gasteiger partial charge on any atom is 0.0434 e. The number of fused-ring (bicyclic) bond motifs is 7. The average Bonchev–Trinajstić information content (AvgIpc) is 3.12. The van der Waals surface area contributed by atoms with Gasteiger partial charge < -0.3 is 0 Å². The molecule has 0 saturated heterocycles. The second-order valence-corrected chi connectivity index (χ2v) is 8.06. The Balaban J connectivity index is 1.68. The van der Waals surface area contributed by atoms with Gasteiger partial charge in [-0.1, -0.05) is 91.0 Å². The van der Waals surface area contributed by atoms with E-state index in [4.69, 9.17) is 0 Å². The molecule has 126 valence electrons. The summed E-state index contributed by atoms with van der Waals surface area (Å²) < 4.78 is 2.74. The summed E-state index contributed by atoms with van der Waals surface area (Å²) >= 11 is 1.91. The Morgan fingerprint density at radius 1 is 0.444 bits per heavy atom. The highest BCUT2D eigenvalue weighted by Crippen LogP contribution is 2.41. The summed E-state index contributed by atoms with van der Waals surface area (Å²) in [5.74, 6) is 0. The van der Waals surface area contributed by atoms with Crippen LogP contribution in [0, 0.1) is 0 Å². The quantitative estimate of drug-likeness (QED) is 0.260. The Morgan fingerprint density at radius 2 is 1.15 bits per heavy atom. The molecule has 0 fully saturated rings. The van der Waals surface area contributed by atoms with Crippen molar-refractivity contribution in [2.45, 2.75) is 0 Å². The van der Waals surface area contributed by atoms with Crippen molar-refractivity contribution in [1.82, 2.24) is 0 Å². The van der Waals surface area contributed by atoms with Crippen LogP contribution in [-0.4, -0.2) is 0 Å². The molecule has 0 aliphatic carbocycles. The standard InChI is InChI=1S/C26H16S/c1-2-6-17(7-3-1)19-11-12-22-24-15-14-21-20-9-5-4-8-18(20)10-13-23(21)26(24)27-25(22)16-19/h1-16H. The van der Waals surface area contributed by atoms with Crippen LogP contribution in [0.2, 0.25) is 0 Å². The topological polar surface area (TPSA) is 0 Å². The predicted octanol–water partition coefficient (Wildman–Crippen LogP) is 8.03. The number of benzene rings is 5. The van der Waals surface area contributed by atoms with Crippen molar-refractivity contribution in [3.05, 3.63) is 97.1 Å². The minimum atomic E-state index is 1.27. The third kappa shape index (κ3) is 2.22. The van der Waals surface area contributed by atoms with Gasteiger partial charge in [-0.05, 0) is 33.4 Å². The summed E-state index contributed by atoms with van der Waals surface area (Å²) in [5.41, 5.74) is 2.55. The molecule has 0 saturated carbocycles. The molecule has 0 N–H and O–H groups in total. The van der Waals surface area contributed by atoms with E-state index in [1.54, 1.807) is 0 Å². The van der Waals surface area contributed by atoms with Crippen molar-refractivity contribution >= 4 is 53.1 Å². The van der Waals surface area contributed by atoms with Gasteiger partial charge in [0.25, 0.3) is 0 Å². The molecule has 1 heteroatoms. The molecular formula is C26H16S. The zero-order valence-electron chi connectivity index (χ0n) is 14.6. The van der Waals surface area contributed by atoms with E-state index < -0.39 is 0 Å². The molecule has 0 nitrogen and oxygen atoms in total. The van der Waals surface area contributed by atoms with Crippen LogP contribution in [0.1, 0.15) is 0 Å². The van der Waals surface area contributed by atoms with Crippen molar-refractivity contribution in [3.63, 3.8) is 0 Å². The van der Waals surface area contributed by atoms with Crippen LogP contribution < -0.4 is 0 Å². The first-order valence-electron chi connectivity index (χ1n) is 9.21. The minimum absolute atomic E-state index is 1.27. The third-order valence-corrected chi connectivity index (χ3v) is 6.67. The Bertz CT molecular complexity index is 1460. The lowest BCUT2D eigenvalue weighted by Crippen LogP contribution is -1.78. The summed E-state index contributed by atoms with van der Waals surface area (Å²) in [6, 6.07) is 35.3. The van der Waals surface area contributed by atoms with Crippen LogP contribution in [-0.2, 0) is 0 Å². The molecule has 6 aromatic rings. The van der Waals surface area contributed by atoms with Crippen LogP contribution in [0.5, 0.6) is 0 Å². The summed E-state index contributed by atoms with van der Waals surface area (Å²) in [6.45, 7) is 0. The lowest BCUT2D eigenvalue weighted by Gasteiger charge is -2.05. The summed E-state index contributed by atoms with van der Waals surface area (Å²) in [7, 11) is 0. The summed E-state index contributed by atoms with van der Waals surface area (Å²) in [6.07, 6.45) is 0. The van der Waals surface area contributed by atoms with E-state index in [-0.39, 0.29) is 0 Å². The molecule has 0 radical (unpaired) electrons. The number of thiophene rings is 1. The number of hydrogen-bond acceptors (Lipinski definition) is 1. The van der Waals surface area contributed by atoms with Crippen LogP contribution in [0.4, 0.5) is 0 Å². The van der Waals surface area contributed by atoms with Crippen LogP contribution >= 0.6 is 11.3 Å². The van der Waals surface area contributed by atoms with E-state index in [0.29, 0.717) is 0 Å². The van der Waals surface area contributed by atoms with Gasteiger partial charge in [0, 0.05) is 25.6 Å². The maximum atomic E-state index is 2.34. The highest BCUT2D eigenvalue weighted by atomic mass is 32.1. The summed E-state index contributed by atoms with van der Waals surface area (Å²) in [5, 5.41) is 8.04. The largest absolute Gasteiger partial charge is 0.135 e. The monoisotopic (exact) mass is 360 g/mol. The fourth-order valence-electron chi connectivity index (χ4n) is 4.13. The molecule has 5 aromatic carbocycles. The number of hydrogen-bond donors (Lipinski definition) is 0. The van der Waals surface area contributed by atoms with E-state index in [1.165, 1.54) is 52.8 Å². The lowest BCUT2D eigenvalue weighted by molar-refractivity contribution is 1.66. The average molecular weight is 360 g/mol. The molecule has 0 unspecified atom stereocenters. The molecule has 0 amide bonds. The third-order valence-electron chi connectivity index (χ3n) is 5.47. The van der Waals surface area contributed by atoms with E-state index in [2.05, 4.69) is 97.1 Å². The SMILES string of the molecule is c1ccc(-c2ccc3c(c2)sc2c3ccc3c4ccccc4ccc32)cc1. The van der Waals surface area contributed by atoms with Gasteiger partial charge in [0.1, 0.15) is 0 Å². The van der Waals surface area contributed by atoms with Crippen LogP contribution in [0.15, 0.2) is 97.1 Å². The molecule has 0 aliphatic heterocycles. The molecule has 27 heavy (non-hydrogen) atoms. The van der Waals surface area contributed by atoms with Gasteiger partial charge in [-0.2, -0.15) is 0 Å². The van der Waals surface area contributed by atoms with E-state index in [0.717, 1.165) is 0 Å². The van der Waals surface area contributed by atoms with Crippen molar-refractivity contribution < 1.29 is 0 Å². The van der Waals surface area contributed by atoms with Gasteiger partial charge in [-0.25, -0.2) is 0 Å². The van der Waals surface area contributed by atoms with Gasteiger partial charge in [-0.15, -0.1) is 11.3 Å². The van der Waals surface area contributed by atoms with Gasteiger partial charge >= 0.3 is 0 Å². The van der Waals surface area contributed by atoms with E-state index in [1.807, 2.05) is 11.3 Å².